The number of nitrogens with one attached hydrogen (secondary N) is 1. The van der Waals surface area contributed by atoms with Crippen molar-refractivity contribution in [2.24, 2.45) is 0 Å². The molecular weight excluding hydrogens is 282 g/mol. The molecule has 0 saturated carbocycles. The number of hydrogen-bond acceptors (Lipinski definition) is 2. The van der Waals surface area contributed by atoms with Crippen LogP contribution in [0.3, 0.4) is 0 Å². The highest BCUT2D eigenvalue weighted by molar-refractivity contribution is 7.83. The van der Waals surface area contributed by atoms with Crippen LogP contribution in [-0.4, -0.2) is 16.4 Å². The second-order valence-electron chi connectivity index (χ2n) is 4.27. The molecule has 5 heteroatoms. The largest absolute Gasteiger partial charge is 0.322 e. The van der Waals surface area contributed by atoms with Gasteiger partial charge in [0, 0.05) is 39.1 Å². The summed E-state index contributed by atoms with van der Waals surface area (Å²) in [5, 5.41) is 3.37. The summed E-state index contributed by atoms with van der Waals surface area (Å²) in [7, 11) is -0.968. The van der Waals surface area contributed by atoms with E-state index in [9.17, 15) is 9.00 Å². The normalized spacial score (nSPS) is 13.2. The minimum absolute atomic E-state index is 0.132. The predicted octanol–water partition coefficient (Wildman–Crippen LogP) is 3.51. The number of halogens is 1. The van der Waals surface area contributed by atoms with Gasteiger partial charge in [0.05, 0.1) is 0 Å². The van der Waals surface area contributed by atoms with Crippen LogP contribution in [0.5, 0.6) is 0 Å². The van der Waals surface area contributed by atoms with E-state index in [0.717, 1.165) is 12.0 Å². The van der Waals surface area contributed by atoms with Crippen molar-refractivity contribution in [3.63, 3.8) is 0 Å². The molecule has 0 unspecified atom stereocenters. The summed E-state index contributed by atoms with van der Waals surface area (Å²) in [6.45, 7) is 3.75. The van der Waals surface area contributed by atoms with Gasteiger partial charge in [-0.05, 0) is 37.1 Å². The maximum atomic E-state index is 11.8. The number of carbonyl (C=O) groups is 1. The zero-order chi connectivity index (χ0) is 14.4. The number of anilines is 1. The molecule has 1 aromatic carbocycles. The number of carbonyl (C=O) groups excluding carboxylic acids is 1. The average Bonchev–Trinajstić information content (AvgIpc) is 2.33. The first-order chi connectivity index (χ1) is 8.93. The minimum Gasteiger partial charge on any atom is -0.322 e. The molecule has 1 rings (SSSR count). The molecule has 1 atom stereocenters. The van der Waals surface area contributed by atoms with Crippen molar-refractivity contribution < 1.29 is 9.00 Å². The number of amides is 1. The van der Waals surface area contributed by atoms with Crippen LogP contribution < -0.4 is 5.32 Å². The van der Waals surface area contributed by atoms with Gasteiger partial charge in [-0.1, -0.05) is 24.6 Å². The van der Waals surface area contributed by atoms with Crippen LogP contribution in [0.2, 0.25) is 5.02 Å². The Kier molecular flexibility index (Phi) is 6.25. The third-order valence-electron chi connectivity index (χ3n) is 2.53. The lowest BCUT2D eigenvalue weighted by Gasteiger charge is -2.09. The lowest BCUT2D eigenvalue weighted by atomic mass is 10.2. The van der Waals surface area contributed by atoms with E-state index in [2.05, 4.69) is 5.32 Å². The summed E-state index contributed by atoms with van der Waals surface area (Å²) >= 11 is 6.03. The molecule has 0 bridgehead atoms. The fraction of sp³-hybridized carbons (Fsp3) is 0.357. The molecule has 0 aliphatic carbocycles. The Morgan fingerprint density at radius 3 is 2.74 bits per heavy atom. The van der Waals surface area contributed by atoms with Gasteiger partial charge >= 0.3 is 0 Å². The Morgan fingerprint density at radius 2 is 2.16 bits per heavy atom. The van der Waals surface area contributed by atoms with E-state index < -0.39 is 10.8 Å². The first kappa shape index (κ1) is 15.9. The third-order valence-corrected chi connectivity index (χ3v) is 3.62. The van der Waals surface area contributed by atoms with E-state index in [1.807, 2.05) is 13.0 Å². The van der Waals surface area contributed by atoms with Crippen molar-refractivity contribution in [3.8, 4) is 0 Å². The second-order valence-corrected chi connectivity index (χ2v) is 6.12. The van der Waals surface area contributed by atoms with Crippen LogP contribution in [-0.2, 0) is 21.3 Å². The summed E-state index contributed by atoms with van der Waals surface area (Å²) < 4.78 is 11.2. The van der Waals surface area contributed by atoms with Gasteiger partial charge in [-0.2, -0.15) is 0 Å². The highest BCUT2D eigenvalue weighted by Gasteiger charge is 2.08. The minimum atomic E-state index is -0.968. The quantitative estimate of drug-likeness (QED) is 0.846. The van der Waals surface area contributed by atoms with E-state index in [1.54, 1.807) is 31.4 Å². The van der Waals surface area contributed by atoms with Crippen LogP contribution in [0.25, 0.3) is 0 Å². The fourth-order valence-corrected chi connectivity index (χ4v) is 2.55. The summed E-state index contributed by atoms with van der Waals surface area (Å²) in [4.78, 5) is 11.8. The monoisotopic (exact) mass is 299 g/mol. The van der Waals surface area contributed by atoms with Gasteiger partial charge in [0.25, 0.3) is 5.91 Å². The lowest BCUT2D eigenvalue weighted by molar-refractivity contribution is -0.112. The van der Waals surface area contributed by atoms with Gasteiger partial charge in [0.1, 0.15) is 0 Å². The summed E-state index contributed by atoms with van der Waals surface area (Å²) in [5.41, 5.74) is 2.12. The van der Waals surface area contributed by atoms with Crippen molar-refractivity contribution in [1.29, 1.82) is 0 Å². The van der Waals surface area contributed by atoms with Crippen molar-refractivity contribution in [3.05, 3.63) is 40.4 Å². The molecule has 0 aliphatic rings. The van der Waals surface area contributed by atoms with E-state index in [4.69, 9.17) is 11.6 Å². The molecule has 1 N–H and O–H groups in total. The van der Waals surface area contributed by atoms with Crippen LogP contribution in [0.4, 0.5) is 5.69 Å². The maximum Gasteiger partial charge on any atom is 0.250 e. The molecular formula is C14H18ClNO2S. The molecule has 104 valence electrons. The maximum absolute atomic E-state index is 11.8. The molecule has 0 spiro atoms. The summed E-state index contributed by atoms with van der Waals surface area (Å²) in [6.07, 6.45) is 4.31. The van der Waals surface area contributed by atoms with Crippen LogP contribution >= 0.6 is 11.6 Å². The zero-order valence-electron chi connectivity index (χ0n) is 11.3. The van der Waals surface area contributed by atoms with Gasteiger partial charge in [-0.15, -0.1) is 0 Å². The van der Waals surface area contributed by atoms with E-state index in [0.29, 0.717) is 22.0 Å². The van der Waals surface area contributed by atoms with Crippen LogP contribution in [0.15, 0.2) is 29.8 Å². The predicted molar refractivity (Wildman–Crippen MR) is 81.9 cm³/mol. The van der Waals surface area contributed by atoms with E-state index >= 15 is 0 Å². The number of benzene rings is 1. The molecule has 0 aliphatic heterocycles. The molecule has 1 amide bonds. The Morgan fingerprint density at radius 1 is 1.47 bits per heavy atom. The third kappa shape index (κ3) is 5.17. The lowest BCUT2D eigenvalue weighted by Crippen LogP contribution is -2.12. The molecule has 0 fully saturated rings. The van der Waals surface area contributed by atoms with Gasteiger partial charge in [0.2, 0.25) is 0 Å². The van der Waals surface area contributed by atoms with E-state index in [1.165, 1.54) is 0 Å². The summed E-state index contributed by atoms with van der Waals surface area (Å²) in [6, 6.07) is 5.21. The van der Waals surface area contributed by atoms with Gasteiger partial charge in [-0.25, -0.2) is 0 Å². The molecule has 0 heterocycles. The molecule has 3 nitrogen and oxygen atoms in total. The Hall–Kier alpha value is -1.13. The smallest absolute Gasteiger partial charge is 0.250 e. The molecule has 0 aromatic heterocycles. The summed E-state index contributed by atoms with van der Waals surface area (Å²) in [5.74, 6) is 0.250. The van der Waals surface area contributed by atoms with Crippen molar-refractivity contribution in [1.82, 2.24) is 0 Å². The Labute approximate surface area is 121 Å². The van der Waals surface area contributed by atoms with E-state index in [-0.39, 0.29) is 5.91 Å². The first-order valence-electron chi connectivity index (χ1n) is 6.00. The highest BCUT2D eigenvalue weighted by atomic mass is 35.5. The molecule has 19 heavy (non-hydrogen) atoms. The van der Waals surface area contributed by atoms with Gasteiger partial charge < -0.3 is 5.32 Å². The standard InChI is InChI=1S/C14H18ClNO2S/c1-4-5-10(2)14(17)16-12-6-7-13(15)11(8-12)9-19(3)18/h5-8H,4,9H2,1-3H3,(H,16,17)/b10-5+/t19-/m0/s1. The molecule has 0 saturated heterocycles. The number of hydrogen-bond donors (Lipinski definition) is 1. The van der Waals surface area contributed by atoms with Crippen molar-refractivity contribution in [2.45, 2.75) is 26.0 Å². The number of allylic oxidation sites excluding steroid dienone is 1. The SMILES string of the molecule is CC/C=C(\C)C(=O)Nc1ccc(Cl)c(C[S@](C)=O)c1. The molecule has 1 aromatic rings. The average molecular weight is 300 g/mol. The Balaban J connectivity index is 2.88. The van der Waals surface area contributed by atoms with Crippen LogP contribution in [0.1, 0.15) is 25.8 Å². The van der Waals surface area contributed by atoms with Crippen molar-refractivity contribution in [2.75, 3.05) is 11.6 Å². The van der Waals surface area contributed by atoms with Gasteiger partial charge in [-0.3, -0.25) is 9.00 Å². The fourth-order valence-electron chi connectivity index (χ4n) is 1.61. The van der Waals surface area contributed by atoms with Crippen molar-refractivity contribution >= 4 is 34.0 Å². The first-order valence-corrected chi connectivity index (χ1v) is 8.11. The van der Waals surface area contributed by atoms with Crippen LogP contribution in [0, 0.1) is 0 Å². The molecule has 0 radical (unpaired) electrons. The Bertz CT molecular complexity index is 526. The second kappa shape index (κ2) is 7.46. The number of rotatable bonds is 5. The topological polar surface area (TPSA) is 46.2 Å². The highest BCUT2D eigenvalue weighted by Crippen LogP contribution is 2.22. The van der Waals surface area contributed by atoms with Gasteiger partial charge in [0.15, 0.2) is 0 Å². The zero-order valence-corrected chi connectivity index (χ0v) is 12.9.